The van der Waals surface area contributed by atoms with Gasteiger partial charge in [0.25, 0.3) is 0 Å². The van der Waals surface area contributed by atoms with Crippen molar-refractivity contribution in [2.75, 3.05) is 46.2 Å². The summed E-state index contributed by atoms with van der Waals surface area (Å²) < 4.78 is 75.3. The molecule has 22 saturated heterocycles. The van der Waals surface area contributed by atoms with Crippen molar-refractivity contribution in [3.63, 3.8) is 0 Å². The summed E-state index contributed by atoms with van der Waals surface area (Å²) in [6.07, 6.45) is -56.6. The molecule has 0 saturated carbocycles. The summed E-state index contributed by atoms with van der Waals surface area (Å²) in [6.45, 7) is -4.25. The summed E-state index contributed by atoms with van der Waals surface area (Å²) in [6, 6.07) is 0. The van der Waals surface area contributed by atoms with E-state index in [-0.39, 0.29) is 6.61 Å². The van der Waals surface area contributed by atoms with Gasteiger partial charge in [0.05, 0.1) is 39.6 Å². The second kappa shape index (κ2) is 24.6. The minimum Gasteiger partial charge on any atom is -0.394 e. The Hall–Kier alpha value is -1.24. The lowest BCUT2D eigenvalue weighted by Crippen LogP contribution is -2.69. The lowest BCUT2D eigenvalue weighted by Gasteiger charge is -2.51. The Balaban J connectivity index is 1.22. The average Bonchev–Trinajstić information content (AvgIpc) is 3.35. The lowest BCUT2D eigenvalue weighted by atomic mass is 9.94. The highest BCUT2D eigenvalue weighted by Gasteiger charge is 2.59. The molecular formula is C39H66O31. The Bertz CT molecular complexity index is 1590. The average molecular weight is 1030 g/mol. The number of aliphatic hydroxyl groups is 16. The second-order valence-corrected chi connectivity index (χ2v) is 17.8. The van der Waals surface area contributed by atoms with Crippen molar-refractivity contribution < 1.29 is 153 Å². The van der Waals surface area contributed by atoms with Gasteiger partial charge in [-0.2, -0.15) is 0 Å². The Kier molecular flexibility index (Phi) is 19.9. The van der Waals surface area contributed by atoms with Gasteiger partial charge in [0.1, 0.15) is 140 Å². The van der Waals surface area contributed by atoms with Gasteiger partial charge < -0.3 is 143 Å². The predicted molar refractivity (Wildman–Crippen MR) is 211 cm³/mol. The van der Waals surface area contributed by atoms with E-state index in [1.165, 1.54) is 0 Å². The number of ether oxygens (including phenoxy) is 13. The van der Waals surface area contributed by atoms with Crippen molar-refractivity contribution >= 4 is 0 Å². The summed E-state index contributed by atoms with van der Waals surface area (Å²) >= 11 is 0. The highest BCUT2D eigenvalue weighted by molar-refractivity contribution is 5.01. The van der Waals surface area contributed by atoms with Gasteiger partial charge in [-0.1, -0.05) is 6.92 Å². The number of hydrogen-bond donors (Lipinski definition) is 17. The molecule has 30 atom stereocenters. The molecule has 0 spiro atoms. The van der Waals surface area contributed by atoms with Crippen LogP contribution in [0, 0.1) is 0 Å². The molecule has 0 aromatic carbocycles. The molecule has 0 aromatic heterocycles. The van der Waals surface area contributed by atoms with Crippen LogP contribution in [-0.2, 0) is 66.5 Å². The Morgan fingerprint density at radius 2 is 0.529 bits per heavy atom. The van der Waals surface area contributed by atoms with Gasteiger partial charge in [-0.05, 0) is 6.42 Å². The first-order chi connectivity index (χ1) is 33.5. The van der Waals surface area contributed by atoms with Crippen LogP contribution >= 0.6 is 0 Å². The van der Waals surface area contributed by atoms with Gasteiger partial charge in [-0.15, -0.1) is 0 Å². The molecular weight excluding hydrogens is 964 g/mol. The third-order valence-electron chi connectivity index (χ3n) is 13.3. The summed E-state index contributed by atoms with van der Waals surface area (Å²) in [5.41, 5.74) is 0. The van der Waals surface area contributed by atoms with Crippen LogP contribution in [0.15, 0.2) is 0 Å². The van der Waals surface area contributed by atoms with Crippen LogP contribution in [0.25, 0.3) is 0 Å². The maximum atomic E-state index is 11.7. The molecule has 31 nitrogen and oxygen atoms in total. The minimum absolute atomic E-state index is 0.0757. The largest absolute Gasteiger partial charge is 0.394 e. The number of hydrogen-bond acceptors (Lipinski definition) is 31. The fraction of sp³-hybridized carbons (Fsp3) is 1.00. The number of rotatable bonds is 10. The molecule has 0 aliphatic carbocycles. The van der Waals surface area contributed by atoms with Gasteiger partial charge in [0.15, 0.2) is 43.8 Å². The molecule has 0 aromatic rings. The van der Waals surface area contributed by atoms with Crippen molar-refractivity contribution in [1.82, 2.24) is 0 Å². The van der Waals surface area contributed by atoms with Crippen molar-refractivity contribution in [3.8, 4) is 0 Å². The van der Waals surface area contributed by atoms with E-state index in [2.05, 4.69) is 4.89 Å². The van der Waals surface area contributed by atoms with Gasteiger partial charge in [0.2, 0.25) is 0 Å². The predicted octanol–water partition coefficient (Wildman–Crippen LogP) is -11.1. The normalized spacial score (nSPS) is 52.9. The third kappa shape index (κ3) is 11.2. The molecule has 31 heteroatoms. The highest BCUT2D eigenvalue weighted by Crippen LogP contribution is 2.39. The van der Waals surface area contributed by atoms with E-state index in [1.54, 1.807) is 6.92 Å². The summed E-state index contributed by atoms with van der Waals surface area (Å²) in [5.74, 6) is 0. The number of aliphatic hydroxyl groups excluding tert-OH is 16. The van der Waals surface area contributed by atoms with Crippen molar-refractivity contribution in [2.24, 2.45) is 0 Å². The first-order valence-corrected chi connectivity index (χ1v) is 22.7. The van der Waals surface area contributed by atoms with Crippen LogP contribution in [0.4, 0.5) is 0 Å². The van der Waals surface area contributed by atoms with E-state index in [1.807, 2.05) is 0 Å². The fourth-order valence-corrected chi connectivity index (χ4v) is 9.46. The van der Waals surface area contributed by atoms with Crippen molar-refractivity contribution in [3.05, 3.63) is 0 Å². The molecule has 22 rings (SSSR count). The molecule has 22 heterocycles. The molecule has 0 radical (unpaired) electrons. The van der Waals surface area contributed by atoms with E-state index >= 15 is 0 Å². The molecule has 22 fully saturated rings. The Labute approximate surface area is 397 Å². The monoisotopic (exact) mass is 1030 g/mol. The van der Waals surface area contributed by atoms with Crippen LogP contribution in [0.2, 0.25) is 0 Å². The zero-order valence-electron chi connectivity index (χ0n) is 37.3. The lowest BCUT2D eigenvalue weighted by molar-refractivity contribution is -0.422. The van der Waals surface area contributed by atoms with Crippen molar-refractivity contribution in [2.45, 2.75) is 198 Å². The summed E-state index contributed by atoms with van der Waals surface area (Å²) in [4.78, 5) is 4.56. The maximum absolute atomic E-state index is 11.7. The first kappa shape index (κ1) is 56.5. The molecule has 22 aliphatic rings. The Morgan fingerprint density at radius 3 is 0.786 bits per heavy atom. The smallest absolute Gasteiger partial charge is 0.187 e. The zero-order valence-corrected chi connectivity index (χ0v) is 37.3. The molecule has 22 aliphatic heterocycles. The van der Waals surface area contributed by atoms with E-state index in [9.17, 15) is 87.0 Å². The van der Waals surface area contributed by atoms with Gasteiger partial charge in [-0.25, -0.2) is 4.89 Å². The van der Waals surface area contributed by atoms with Crippen LogP contribution < -0.4 is 0 Å². The maximum Gasteiger partial charge on any atom is 0.187 e. The van der Waals surface area contributed by atoms with E-state index in [0.717, 1.165) is 0 Å². The van der Waals surface area contributed by atoms with Crippen LogP contribution in [0.1, 0.15) is 13.3 Å². The minimum atomic E-state index is -2.16. The third-order valence-corrected chi connectivity index (χ3v) is 13.3. The van der Waals surface area contributed by atoms with Crippen LogP contribution in [0.3, 0.4) is 0 Å². The van der Waals surface area contributed by atoms with Gasteiger partial charge in [-0.3, -0.25) is 5.26 Å². The zero-order chi connectivity index (χ0) is 50.9. The molecule has 408 valence electrons. The Morgan fingerprint density at radius 1 is 0.300 bits per heavy atom. The molecule has 12 bridgehead atoms. The first-order valence-electron chi connectivity index (χ1n) is 22.7. The van der Waals surface area contributed by atoms with E-state index in [0.29, 0.717) is 6.42 Å². The topological polar surface area (TPSA) is 473 Å². The van der Waals surface area contributed by atoms with Crippen LogP contribution in [-0.4, -0.2) is 317 Å². The molecule has 17 N–H and O–H groups in total. The highest BCUT2D eigenvalue weighted by atomic mass is 17.1. The molecule has 0 amide bonds. The standard InChI is InChI=1S/C39H66O31/c1-2-3-57-32-24(54)38-62-14(8-44)30(32)68-39-25(55)33(70-56)31(15(9-45)63-39)69-37-23(53)19(49)28(12(6-42)61-37)66-35-21(51)17(47)26(10(4-40)59-35)64-34-20(50)16(46)27(11(5-41)58-34)65-36-22(52)18(48)29(67-38)13(7-43)60-36/h10-56H,2-9H2,1H3/t10-,11-,12-,13-,14-,15-,16-,17-,18-,19-,20-,21-,22-,23-,24-,25-,26-,27-,28-,29-,30+,31+,32-,33-,34-,35-,36-,37-,38-,39-/m1/s1. The SMILES string of the molecule is CCCO[C@@H]1[C@@H](O)[C@H]2O[C@H]3[C@H](O)[C@@H](O)[C@@H](O[C@H]4[C@H](O)[C@@H](O)[C@@H](O[C@H]5[C@H](O)[C@@H](O)[C@@H](O[C@H]6[C@H](O)[C@@H](O)[C@@H](O[C@@H]7[C@H](OO)[C@@H](O)[C@@H](O[C@H]1[C@@H](CO)O2)O[C@@H]7CO)O[C@@H]6CO)O[C@@H]5CO)O[C@@H]4CO)O[C@@H]3CO. The van der Waals surface area contributed by atoms with Crippen molar-refractivity contribution in [1.29, 1.82) is 0 Å². The quantitative estimate of drug-likeness (QED) is 0.0713. The summed E-state index contributed by atoms with van der Waals surface area (Å²) in [5, 5.41) is 186. The second-order valence-electron chi connectivity index (χ2n) is 17.8. The van der Waals surface area contributed by atoms with Gasteiger partial charge in [0, 0.05) is 6.61 Å². The summed E-state index contributed by atoms with van der Waals surface area (Å²) in [7, 11) is 0. The van der Waals surface area contributed by atoms with E-state index in [4.69, 9.17) is 61.6 Å². The molecule has 0 unspecified atom stereocenters. The fourth-order valence-electron chi connectivity index (χ4n) is 9.46. The van der Waals surface area contributed by atoms with Gasteiger partial charge >= 0.3 is 0 Å². The van der Waals surface area contributed by atoms with E-state index < -0.39 is 224 Å². The van der Waals surface area contributed by atoms with Crippen LogP contribution in [0.5, 0.6) is 0 Å². The molecule has 70 heavy (non-hydrogen) atoms.